The number of carbonyl (C=O) groups is 2. The van der Waals surface area contributed by atoms with Crippen LogP contribution in [0.3, 0.4) is 0 Å². The van der Waals surface area contributed by atoms with E-state index in [0.29, 0.717) is 12.2 Å². The van der Waals surface area contributed by atoms with Gasteiger partial charge in [-0.2, -0.15) is 0 Å². The van der Waals surface area contributed by atoms with E-state index in [4.69, 9.17) is 9.84 Å². The van der Waals surface area contributed by atoms with Crippen LogP contribution in [0.25, 0.3) is 10.8 Å². The van der Waals surface area contributed by atoms with Crippen molar-refractivity contribution in [1.29, 1.82) is 0 Å². The second kappa shape index (κ2) is 9.21. The van der Waals surface area contributed by atoms with Crippen molar-refractivity contribution in [3.63, 3.8) is 0 Å². The number of pyridine rings is 1. The number of carboxylic acids is 1. The predicted molar refractivity (Wildman–Crippen MR) is 120 cm³/mol. The molecule has 32 heavy (non-hydrogen) atoms. The van der Waals surface area contributed by atoms with Crippen LogP contribution in [0.15, 0.2) is 48.8 Å². The number of nitrogens with one attached hydrogen (secondary N) is 1. The third-order valence-electron chi connectivity index (χ3n) is 5.75. The standard InChI is InChI=1S/C24H24FN3O4/c1-32-22-6-2-5-18-19(22)12-26-13-21(18)28-9-3-4-15(14-28)24(31)27-17-7-8-20(25)16(10-17)11-23(29)30/h2,5-8,10,12-13,15H,3-4,9,11,14H2,1H3,(H,27,31)(H,29,30)/t15-/m0/s1. The highest BCUT2D eigenvalue weighted by atomic mass is 19.1. The summed E-state index contributed by atoms with van der Waals surface area (Å²) in [5, 5.41) is 13.7. The highest BCUT2D eigenvalue weighted by Gasteiger charge is 2.27. The van der Waals surface area contributed by atoms with Crippen molar-refractivity contribution in [3.05, 3.63) is 60.2 Å². The molecule has 2 N–H and O–H groups in total. The molecule has 2 aromatic carbocycles. The maximum absolute atomic E-state index is 13.8. The molecule has 1 amide bonds. The number of hydrogen-bond acceptors (Lipinski definition) is 5. The molecule has 4 rings (SSSR count). The van der Waals surface area contributed by atoms with E-state index in [0.717, 1.165) is 41.6 Å². The van der Waals surface area contributed by atoms with Gasteiger partial charge in [-0.15, -0.1) is 0 Å². The average molecular weight is 437 g/mol. The number of carboxylic acid groups (broad SMARTS) is 1. The van der Waals surface area contributed by atoms with Gasteiger partial charge in [-0.25, -0.2) is 4.39 Å². The van der Waals surface area contributed by atoms with E-state index in [1.165, 1.54) is 18.2 Å². The van der Waals surface area contributed by atoms with E-state index in [1.54, 1.807) is 19.5 Å². The summed E-state index contributed by atoms with van der Waals surface area (Å²) in [6.45, 7) is 1.33. The van der Waals surface area contributed by atoms with Crippen molar-refractivity contribution in [2.45, 2.75) is 19.3 Å². The van der Waals surface area contributed by atoms with Crippen molar-refractivity contribution >= 4 is 34.0 Å². The van der Waals surface area contributed by atoms with Gasteiger partial charge in [0.25, 0.3) is 0 Å². The van der Waals surface area contributed by atoms with Crippen LogP contribution in [0.4, 0.5) is 15.8 Å². The Bertz CT molecular complexity index is 1170. The largest absolute Gasteiger partial charge is 0.496 e. The number of methoxy groups -OCH3 is 1. The molecule has 1 fully saturated rings. The Kier molecular flexibility index (Phi) is 6.20. The van der Waals surface area contributed by atoms with E-state index in [-0.39, 0.29) is 17.4 Å². The molecular weight excluding hydrogens is 413 g/mol. The summed E-state index contributed by atoms with van der Waals surface area (Å²) >= 11 is 0. The highest BCUT2D eigenvalue weighted by Crippen LogP contribution is 2.34. The predicted octanol–water partition coefficient (Wildman–Crippen LogP) is 3.86. The number of ether oxygens (including phenoxy) is 1. The van der Waals surface area contributed by atoms with Crippen molar-refractivity contribution in [1.82, 2.24) is 4.98 Å². The molecule has 8 heteroatoms. The molecule has 166 valence electrons. The number of amides is 1. The fourth-order valence-corrected chi connectivity index (χ4v) is 4.19. The molecule has 1 saturated heterocycles. The molecule has 0 bridgehead atoms. The first-order valence-corrected chi connectivity index (χ1v) is 10.4. The van der Waals surface area contributed by atoms with Crippen LogP contribution < -0.4 is 15.0 Å². The Hall–Kier alpha value is -3.68. The number of benzene rings is 2. The van der Waals surface area contributed by atoms with Crippen LogP contribution in [0.2, 0.25) is 0 Å². The lowest BCUT2D eigenvalue weighted by atomic mass is 9.96. The molecule has 7 nitrogen and oxygen atoms in total. The molecule has 1 aliphatic rings. The van der Waals surface area contributed by atoms with E-state index in [1.807, 2.05) is 18.2 Å². The van der Waals surface area contributed by atoms with E-state index < -0.39 is 18.2 Å². The third kappa shape index (κ3) is 4.49. The summed E-state index contributed by atoms with van der Waals surface area (Å²) < 4.78 is 19.3. The SMILES string of the molecule is COc1cccc2c(N3CCC[C@H](C(=O)Nc4ccc(F)c(CC(=O)O)c4)C3)cncc12. The number of carbonyl (C=O) groups excluding carboxylic acids is 1. The summed E-state index contributed by atoms with van der Waals surface area (Å²) in [7, 11) is 1.63. The fraction of sp³-hybridized carbons (Fsp3) is 0.292. The zero-order valence-electron chi connectivity index (χ0n) is 17.7. The van der Waals surface area contributed by atoms with Gasteiger partial charge in [0, 0.05) is 41.3 Å². The normalized spacial score (nSPS) is 16.1. The smallest absolute Gasteiger partial charge is 0.307 e. The topological polar surface area (TPSA) is 91.8 Å². The minimum absolute atomic E-state index is 0.0383. The minimum Gasteiger partial charge on any atom is -0.496 e. The van der Waals surface area contributed by atoms with Crippen LogP contribution in [-0.2, 0) is 16.0 Å². The van der Waals surface area contributed by atoms with Crippen LogP contribution >= 0.6 is 0 Å². The van der Waals surface area contributed by atoms with Crippen molar-refractivity contribution in [2.24, 2.45) is 5.92 Å². The van der Waals surface area contributed by atoms with Gasteiger partial charge in [0.05, 0.1) is 31.3 Å². The number of piperidine rings is 1. The first-order valence-electron chi connectivity index (χ1n) is 10.4. The van der Waals surface area contributed by atoms with Gasteiger partial charge in [-0.3, -0.25) is 14.6 Å². The summed E-state index contributed by atoms with van der Waals surface area (Å²) in [5.74, 6) is -1.42. The first-order chi connectivity index (χ1) is 15.5. The van der Waals surface area contributed by atoms with Crippen LogP contribution in [-0.4, -0.2) is 42.2 Å². The molecule has 0 unspecified atom stereocenters. The molecule has 1 aromatic heterocycles. The molecule has 0 radical (unpaired) electrons. The van der Waals surface area contributed by atoms with E-state index >= 15 is 0 Å². The van der Waals surface area contributed by atoms with Crippen LogP contribution in [0.1, 0.15) is 18.4 Å². The van der Waals surface area contributed by atoms with Gasteiger partial charge in [0.15, 0.2) is 0 Å². The number of aliphatic carboxylic acids is 1. The van der Waals surface area contributed by atoms with Gasteiger partial charge in [0.2, 0.25) is 5.91 Å². The highest BCUT2D eigenvalue weighted by molar-refractivity contribution is 5.98. The summed E-state index contributed by atoms with van der Waals surface area (Å²) in [6.07, 6.45) is 4.71. The van der Waals surface area contributed by atoms with Crippen molar-refractivity contribution < 1.29 is 23.8 Å². The molecule has 3 aromatic rings. The van der Waals surface area contributed by atoms with E-state index in [2.05, 4.69) is 15.2 Å². The van der Waals surface area contributed by atoms with Gasteiger partial charge >= 0.3 is 5.97 Å². The Morgan fingerprint density at radius 1 is 1.25 bits per heavy atom. The number of fused-ring (bicyclic) bond motifs is 1. The van der Waals surface area contributed by atoms with Crippen molar-refractivity contribution in [2.75, 3.05) is 30.4 Å². The molecule has 0 saturated carbocycles. The fourth-order valence-electron chi connectivity index (χ4n) is 4.19. The monoisotopic (exact) mass is 437 g/mol. The summed E-state index contributed by atoms with van der Waals surface area (Å²) in [4.78, 5) is 30.4. The van der Waals surface area contributed by atoms with Gasteiger partial charge in [0.1, 0.15) is 11.6 Å². The second-order valence-corrected chi connectivity index (χ2v) is 7.87. The molecule has 2 heterocycles. The maximum Gasteiger partial charge on any atom is 0.307 e. The number of nitrogens with zero attached hydrogens (tertiary/aromatic N) is 2. The number of aromatic nitrogens is 1. The number of rotatable bonds is 6. The lowest BCUT2D eigenvalue weighted by Gasteiger charge is -2.34. The average Bonchev–Trinajstić information content (AvgIpc) is 2.80. The molecule has 1 aliphatic heterocycles. The number of halogens is 1. The molecular formula is C24H24FN3O4. The minimum atomic E-state index is -1.13. The quantitative estimate of drug-likeness (QED) is 0.608. The van der Waals surface area contributed by atoms with Crippen LogP contribution in [0.5, 0.6) is 5.75 Å². The van der Waals surface area contributed by atoms with Gasteiger partial charge in [-0.05, 0) is 37.1 Å². The lowest BCUT2D eigenvalue weighted by Crippen LogP contribution is -2.41. The summed E-state index contributed by atoms with van der Waals surface area (Å²) in [5.41, 5.74) is 1.38. The first kappa shape index (κ1) is 21.5. The number of hydrogen-bond donors (Lipinski definition) is 2. The number of anilines is 2. The second-order valence-electron chi connectivity index (χ2n) is 7.87. The van der Waals surface area contributed by atoms with Gasteiger partial charge in [-0.1, -0.05) is 12.1 Å². The third-order valence-corrected chi connectivity index (χ3v) is 5.75. The molecule has 0 spiro atoms. The Morgan fingerprint density at radius 2 is 2.09 bits per heavy atom. The Labute approximate surface area is 184 Å². The molecule has 1 atom stereocenters. The Morgan fingerprint density at radius 3 is 2.88 bits per heavy atom. The molecule has 0 aliphatic carbocycles. The summed E-state index contributed by atoms with van der Waals surface area (Å²) in [6, 6.07) is 9.84. The van der Waals surface area contributed by atoms with Gasteiger partial charge < -0.3 is 20.1 Å². The maximum atomic E-state index is 13.8. The van der Waals surface area contributed by atoms with E-state index in [9.17, 15) is 14.0 Å². The zero-order valence-corrected chi connectivity index (χ0v) is 17.7. The zero-order chi connectivity index (χ0) is 22.7. The Balaban J connectivity index is 1.52. The lowest BCUT2D eigenvalue weighted by molar-refractivity contribution is -0.136. The van der Waals surface area contributed by atoms with Crippen molar-refractivity contribution in [3.8, 4) is 5.75 Å². The van der Waals surface area contributed by atoms with Crippen LogP contribution in [0, 0.1) is 11.7 Å².